The number of esters is 1. The highest BCUT2D eigenvalue weighted by Gasteiger charge is 2.59. The number of halogens is 1. The molecule has 1 aliphatic rings. The predicted octanol–water partition coefficient (Wildman–Crippen LogP) is 1.83. The smallest absolute Gasteiger partial charge is 0.341 e. The van der Waals surface area contributed by atoms with Gasteiger partial charge in [0.1, 0.15) is 0 Å². The number of carbonyl (C=O) groups excluding carboxylic acids is 1. The third kappa shape index (κ3) is 1.93. The molecule has 16 heavy (non-hydrogen) atoms. The SMILES string of the molecule is Cc1ccccc1C(=O)O[C@@]1(F)C[C@@H]1CO. The Morgan fingerprint density at radius 2 is 2.31 bits per heavy atom. The van der Waals surface area contributed by atoms with Crippen LogP contribution in [-0.2, 0) is 4.74 Å². The minimum atomic E-state index is -1.96. The summed E-state index contributed by atoms with van der Waals surface area (Å²) in [4.78, 5) is 11.6. The molecule has 4 heteroatoms. The third-order valence-corrected chi connectivity index (χ3v) is 2.82. The first-order valence-corrected chi connectivity index (χ1v) is 5.15. The van der Waals surface area contributed by atoms with Crippen molar-refractivity contribution in [2.75, 3.05) is 6.61 Å². The van der Waals surface area contributed by atoms with Gasteiger partial charge in [0.25, 0.3) is 5.85 Å². The molecule has 0 aliphatic heterocycles. The highest BCUT2D eigenvalue weighted by molar-refractivity contribution is 5.91. The Bertz CT molecular complexity index is 418. The van der Waals surface area contributed by atoms with Gasteiger partial charge in [-0.2, -0.15) is 4.39 Å². The van der Waals surface area contributed by atoms with Crippen molar-refractivity contribution in [3.63, 3.8) is 0 Å². The molecule has 1 N–H and O–H groups in total. The van der Waals surface area contributed by atoms with E-state index in [0.29, 0.717) is 5.56 Å². The molecule has 0 unspecified atom stereocenters. The van der Waals surface area contributed by atoms with Gasteiger partial charge in [0.2, 0.25) is 0 Å². The molecule has 86 valence electrons. The second-order valence-corrected chi connectivity index (χ2v) is 4.07. The van der Waals surface area contributed by atoms with Crippen molar-refractivity contribution in [2.24, 2.45) is 5.92 Å². The maximum atomic E-state index is 13.6. The van der Waals surface area contributed by atoms with E-state index in [1.54, 1.807) is 31.2 Å². The Hall–Kier alpha value is -1.42. The second-order valence-electron chi connectivity index (χ2n) is 4.07. The minimum absolute atomic E-state index is 0.0844. The van der Waals surface area contributed by atoms with E-state index >= 15 is 0 Å². The van der Waals surface area contributed by atoms with Crippen LogP contribution in [0.3, 0.4) is 0 Å². The van der Waals surface area contributed by atoms with Crippen LogP contribution in [0.25, 0.3) is 0 Å². The van der Waals surface area contributed by atoms with Gasteiger partial charge in [0, 0.05) is 6.42 Å². The van der Waals surface area contributed by atoms with E-state index in [2.05, 4.69) is 0 Å². The van der Waals surface area contributed by atoms with Gasteiger partial charge in [-0.25, -0.2) is 4.79 Å². The Morgan fingerprint density at radius 3 is 2.88 bits per heavy atom. The third-order valence-electron chi connectivity index (χ3n) is 2.82. The lowest BCUT2D eigenvalue weighted by atomic mass is 10.1. The largest absolute Gasteiger partial charge is 0.424 e. The van der Waals surface area contributed by atoms with Crippen LogP contribution in [0.2, 0.25) is 0 Å². The van der Waals surface area contributed by atoms with Gasteiger partial charge in [-0.05, 0) is 18.6 Å². The highest BCUT2D eigenvalue weighted by atomic mass is 19.2. The topological polar surface area (TPSA) is 46.5 Å². The quantitative estimate of drug-likeness (QED) is 0.797. The van der Waals surface area contributed by atoms with E-state index in [1.807, 2.05) is 0 Å². The molecule has 1 aromatic carbocycles. The summed E-state index contributed by atoms with van der Waals surface area (Å²) in [5.41, 5.74) is 1.11. The summed E-state index contributed by atoms with van der Waals surface area (Å²) in [6.07, 6.45) is 0.0844. The number of aliphatic hydroxyl groups is 1. The molecule has 0 heterocycles. The number of aliphatic hydroxyl groups excluding tert-OH is 1. The number of rotatable bonds is 3. The van der Waals surface area contributed by atoms with Crippen LogP contribution in [0, 0.1) is 12.8 Å². The lowest BCUT2D eigenvalue weighted by Crippen LogP contribution is -2.18. The van der Waals surface area contributed by atoms with Crippen LogP contribution in [0.5, 0.6) is 0 Å². The number of aryl methyl sites for hydroxylation is 1. The summed E-state index contributed by atoms with van der Waals surface area (Å²) in [6.45, 7) is 1.47. The van der Waals surface area contributed by atoms with Gasteiger partial charge in [-0.1, -0.05) is 18.2 Å². The van der Waals surface area contributed by atoms with Crippen molar-refractivity contribution in [1.29, 1.82) is 0 Å². The Kier molecular flexibility index (Phi) is 2.68. The van der Waals surface area contributed by atoms with Gasteiger partial charge in [-0.3, -0.25) is 0 Å². The molecule has 0 saturated heterocycles. The molecule has 1 aliphatic carbocycles. The first-order chi connectivity index (χ1) is 7.57. The molecule has 3 nitrogen and oxygen atoms in total. The van der Waals surface area contributed by atoms with Crippen molar-refractivity contribution in [1.82, 2.24) is 0 Å². The number of benzene rings is 1. The molecule has 0 aromatic heterocycles. The fraction of sp³-hybridized carbons (Fsp3) is 0.417. The molecule has 1 fully saturated rings. The predicted molar refractivity (Wildman–Crippen MR) is 55.6 cm³/mol. The molecule has 2 rings (SSSR count). The Balaban J connectivity index is 2.08. The van der Waals surface area contributed by atoms with Crippen molar-refractivity contribution in [2.45, 2.75) is 19.2 Å². The second kappa shape index (κ2) is 3.87. The van der Waals surface area contributed by atoms with E-state index in [4.69, 9.17) is 9.84 Å². The molecule has 1 saturated carbocycles. The molecule has 0 radical (unpaired) electrons. The molecule has 0 spiro atoms. The van der Waals surface area contributed by atoms with Crippen LogP contribution in [0.1, 0.15) is 22.3 Å². The van der Waals surface area contributed by atoms with E-state index in [9.17, 15) is 9.18 Å². The summed E-state index contributed by atoms with van der Waals surface area (Å²) in [5, 5.41) is 8.75. The Labute approximate surface area is 92.9 Å². The van der Waals surface area contributed by atoms with Gasteiger partial charge >= 0.3 is 5.97 Å². The fourth-order valence-corrected chi connectivity index (χ4v) is 1.61. The zero-order valence-corrected chi connectivity index (χ0v) is 8.94. The average molecular weight is 224 g/mol. The minimum Gasteiger partial charge on any atom is -0.424 e. The molecule has 0 bridgehead atoms. The lowest BCUT2D eigenvalue weighted by molar-refractivity contribution is -0.0462. The van der Waals surface area contributed by atoms with Crippen LogP contribution in [-0.4, -0.2) is 23.5 Å². The monoisotopic (exact) mass is 224 g/mol. The summed E-state index contributed by atoms with van der Waals surface area (Å²) in [7, 11) is 0. The summed E-state index contributed by atoms with van der Waals surface area (Å²) < 4.78 is 18.4. The lowest BCUT2D eigenvalue weighted by Gasteiger charge is -2.10. The van der Waals surface area contributed by atoms with E-state index in [-0.39, 0.29) is 13.0 Å². The van der Waals surface area contributed by atoms with Gasteiger partial charge in [0.05, 0.1) is 18.1 Å². The fourth-order valence-electron chi connectivity index (χ4n) is 1.61. The van der Waals surface area contributed by atoms with E-state index in [1.165, 1.54) is 0 Å². The Morgan fingerprint density at radius 1 is 1.62 bits per heavy atom. The normalized spacial score (nSPS) is 27.6. The maximum Gasteiger partial charge on any atom is 0.341 e. The molecular formula is C12H13FO3. The van der Waals surface area contributed by atoms with Crippen molar-refractivity contribution in [3.05, 3.63) is 35.4 Å². The van der Waals surface area contributed by atoms with Crippen molar-refractivity contribution >= 4 is 5.97 Å². The first-order valence-electron chi connectivity index (χ1n) is 5.15. The molecule has 1 aromatic rings. The van der Waals surface area contributed by atoms with Gasteiger partial charge in [-0.15, -0.1) is 0 Å². The van der Waals surface area contributed by atoms with Crippen LogP contribution in [0.15, 0.2) is 24.3 Å². The number of hydrogen-bond acceptors (Lipinski definition) is 3. The highest BCUT2D eigenvalue weighted by Crippen LogP contribution is 2.48. The van der Waals surface area contributed by atoms with Crippen molar-refractivity contribution in [3.8, 4) is 0 Å². The zero-order valence-electron chi connectivity index (χ0n) is 8.94. The number of alkyl halides is 1. The van der Waals surface area contributed by atoms with Crippen LogP contribution in [0.4, 0.5) is 4.39 Å². The van der Waals surface area contributed by atoms with E-state index < -0.39 is 17.7 Å². The standard InChI is InChI=1S/C12H13FO3/c1-8-4-2-3-5-10(8)11(15)16-12(13)6-9(12)7-14/h2-5,9,14H,6-7H2,1H3/t9-,12+/m1/s1. The first kappa shape index (κ1) is 11.1. The number of ether oxygens (including phenoxy) is 1. The van der Waals surface area contributed by atoms with Gasteiger partial charge in [0.15, 0.2) is 0 Å². The molecular weight excluding hydrogens is 211 g/mol. The van der Waals surface area contributed by atoms with E-state index in [0.717, 1.165) is 5.56 Å². The zero-order chi connectivity index (χ0) is 11.8. The molecule has 0 amide bonds. The van der Waals surface area contributed by atoms with Crippen molar-refractivity contribution < 1.29 is 19.0 Å². The molecule has 2 atom stereocenters. The van der Waals surface area contributed by atoms with Crippen LogP contribution >= 0.6 is 0 Å². The van der Waals surface area contributed by atoms with Gasteiger partial charge < -0.3 is 9.84 Å². The van der Waals surface area contributed by atoms with Crippen LogP contribution < -0.4 is 0 Å². The number of hydrogen-bond donors (Lipinski definition) is 1. The number of carbonyl (C=O) groups is 1. The average Bonchev–Trinajstić information content (AvgIpc) is 2.89. The summed E-state index contributed by atoms with van der Waals surface area (Å²) >= 11 is 0. The maximum absolute atomic E-state index is 13.6. The summed E-state index contributed by atoms with van der Waals surface area (Å²) in [6, 6.07) is 6.85. The summed E-state index contributed by atoms with van der Waals surface area (Å²) in [5.74, 6) is -3.20.